The van der Waals surface area contributed by atoms with Crippen molar-refractivity contribution in [1.29, 1.82) is 0 Å². The summed E-state index contributed by atoms with van der Waals surface area (Å²) in [4.78, 5) is 15.9. The highest BCUT2D eigenvalue weighted by molar-refractivity contribution is 7.09. The lowest BCUT2D eigenvalue weighted by Gasteiger charge is -1.93. The SMILES string of the molecule is Cc1csc(CC(=O)c2ccc(C)o2)n1. The van der Waals surface area contributed by atoms with E-state index >= 15 is 0 Å². The lowest BCUT2D eigenvalue weighted by Crippen LogP contribution is -2.01. The summed E-state index contributed by atoms with van der Waals surface area (Å²) in [5.41, 5.74) is 0.957. The molecule has 0 fully saturated rings. The monoisotopic (exact) mass is 221 g/mol. The van der Waals surface area contributed by atoms with Gasteiger partial charge in [-0.05, 0) is 26.0 Å². The predicted molar refractivity (Wildman–Crippen MR) is 58.3 cm³/mol. The van der Waals surface area contributed by atoms with Crippen molar-refractivity contribution in [2.45, 2.75) is 20.3 Å². The minimum atomic E-state index is -0.0162. The van der Waals surface area contributed by atoms with E-state index in [0.717, 1.165) is 16.5 Å². The van der Waals surface area contributed by atoms with Crippen molar-refractivity contribution >= 4 is 17.1 Å². The molecule has 4 heteroatoms. The van der Waals surface area contributed by atoms with Crippen LogP contribution in [0.1, 0.15) is 27.0 Å². The van der Waals surface area contributed by atoms with Crippen LogP contribution < -0.4 is 0 Å². The maximum Gasteiger partial charge on any atom is 0.204 e. The van der Waals surface area contributed by atoms with Gasteiger partial charge in [-0.25, -0.2) is 4.98 Å². The summed E-state index contributed by atoms with van der Waals surface area (Å²) < 4.78 is 5.25. The molecule has 3 nitrogen and oxygen atoms in total. The van der Waals surface area contributed by atoms with Crippen LogP contribution in [0.3, 0.4) is 0 Å². The summed E-state index contributed by atoms with van der Waals surface area (Å²) >= 11 is 1.51. The summed E-state index contributed by atoms with van der Waals surface area (Å²) in [7, 11) is 0. The van der Waals surface area contributed by atoms with Gasteiger partial charge in [0.15, 0.2) is 5.76 Å². The van der Waals surface area contributed by atoms with Gasteiger partial charge in [-0.15, -0.1) is 11.3 Å². The van der Waals surface area contributed by atoms with Crippen molar-refractivity contribution in [3.8, 4) is 0 Å². The number of aromatic nitrogens is 1. The molecule has 0 aliphatic rings. The van der Waals surface area contributed by atoms with Crippen LogP contribution in [0, 0.1) is 13.8 Å². The molecular formula is C11H11NO2S. The smallest absolute Gasteiger partial charge is 0.204 e. The van der Waals surface area contributed by atoms with Gasteiger partial charge in [0.25, 0.3) is 0 Å². The topological polar surface area (TPSA) is 43.1 Å². The summed E-state index contributed by atoms with van der Waals surface area (Å²) in [6, 6.07) is 3.50. The number of ketones is 1. The normalized spacial score (nSPS) is 10.5. The average Bonchev–Trinajstić information content (AvgIpc) is 2.75. The van der Waals surface area contributed by atoms with Crippen LogP contribution in [0.2, 0.25) is 0 Å². The van der Waals surface area contributed by atoms with E-state index in [-0.39, 0.29) is 5.78 Å². The molecule has 0 atom stereocenters. The van der Waals surface area contributed by atoms with Gasteiger partial charge >= 0.3 is 0 Å². The van der Waals surface area contributed by atoms with Crippen molar-refractivity contribution < 1.29 is 9.21 Å². The molecule has 2 aromatic heterocycles. The van der Waals surface area contributed by atoms with Crippen LogP contribution in [0.5, 0.6) is 0 Å². The zero-order valence-electron chi connectivity index (χ0n) is 8.61. The largest absolute Gasteiger partial charge is 0.458 e. The third-order valence-corrected chi connectivity index (χ3v) is 2.96. The maximum absolute atomic E-state index is 11.7. The molecule has 0 aliphatic heterocycles. The molecule has 0 amide bonds. The van der Waals surface area contributed by atoms with Gasteiger partial charge < -0.3 is 4.42 Å². The van der Waals surface area contributed by atoms with Crippen LogP contribution in [0.25, 0.3) is 0 Å². The van der Waals surface area contributed by atoms with E-state index in [9.17, 15) is 4.79 Å². The van der Waals surface area contributed by atoms with Gasteiger partial charge in [0.05, 0.1) is 6.42 Å². The molecule has 2 aromatic rings. The molecule has 0 saturated heterocycles. The number of carbonyl (C=O) groups excluding carboxylic acids is 1. The number of aryl methyl sites for hydroxylation is 2. The standard InChI is InChI=1S/C11H11NO2S/c1-7-6-15-11(12-7)5-9(13)10-4-3-8(2)14-10/h3-4,6H,5H2,1-2H3. The molecule has 0 saturated carbocycles. The first kappa shape index (κ1) is 10.1. The second kappa shape index (κ2) is 3.98. The molecule has 0 N–H and O–H groups in total. The molecule has 2 rings (SSSR count). The number of hydrogen-bond acceptors (Lipinski definition) is 4. The second-order valence-electron chi connectivity index (χ2n) is 3.39. The molecule has 15 heavy (non-hydrogen) atoms. The molecule has 0 unspecified atom stereocenters. The Hall–Kier alpha value is -1.42. The van der Waals surface area contributed by atoms with Crippen LogP contribution in [-0.4, -0.2) is 10.8 Å². The zero-order valence-corrected chi connectivity index (χ0v) is 9.43. The Morgan fingerprint density at radius 1 is 1.47 bits per heavy atom. The van der Waals surface area contributed by atoms with Gasteiger partial charge in [-0.3, -0.25) is 4.79 Å². The van der Waals surface area contributed by atoms with Gasteiger partial charge in [0.2, 0.25) is 5.78 Å². The van der Waals surface area contributed by atoms with Crippen LogP contribution >= 0.6 is 11.3 Å². The van der Waals surface area contributed by atoms with Crippen molar-refractivity contribution in [2.24, 2.45) is 0 Å². The van der Waals surface area contributed by atoms with Crippen LogP contribution in [0.4, 0.5) is 0 Å². The minimum absolute atomic E-state index is 0.0162. The molecule has 0 aromatic carbocycles. The van der Waals surface area contributed by atoms with E-state index in [1.807, 2.05) is 19.2 Å². The average molecular weight is 221 g/mol. The first-order valence-corrected chi connectivity index (χ1v) is 5.54. The highest BCUT2D eigenvalue weighted by atomic mass is 32.1. The lowest BCUT2D eigenvalue weighted by atomic mass is 10.2. The van der Waals surface area contributed by atoms with Gasteiger partial charge in [-0.1, -0.05) is 0 Å². The van der Waals surface area contributed by atoms with Crippen molar-refractivity contribution in [3.05, 3.63) is 39.7 Å². The van der Waals surface area contributed by atoms with Gasteiger partial charge in [0.1, 0.15) is 10.8 Å². The van der Waals surface area contributed by atoms with E-state index in [2.05, 4.69) is 4.98 Å². The number of furan rings is 1. The molecule has 0 aliphatic carbocycles. The Kier molecular flexibility index (Phi) is 2.68. The first-order valence-electron chi connectivity index (χ1n) is 4.66. The Balaban J connectivity index is 2.10. The maximum atomic E-state index is 11.7. The highest BCUT2D eigenvalue weighted by Crippen LogP contribution is 2.14. The minimum Gasteiger partial charge on any atom is -0.458 e. The van der Waals surface area contributed by atoms with E-state index in [1.54, 1.807) is 12.1 Å². The number of thiazole rings is 1. The number of carbonyl (C=O) groups is 1. The number of Topliss-reactive ketones (excluding diaryl/α,β-unsaturated/α-hetero) is 1. The molecular weight excluding hydrogens is 210 g/mol. The first-order chi connectivity index (χ1) is 7.15. The van der Waals surface area contributed by atoms with E-state index in [0.29, 0.717) is 12.2 Å². The lowest BCUT2D eigenvalue weighted by molar-refractivity contribution is 0.0965. The molecule has 0 spiro atoms. The van der Waals surface area contributed by atoms with E-state index in [1.165, 1.54) is 11.3 Å². The second-order valence-corrected chi connectivity index (χ2v) is 4.34. The third kappa shape index (κ3) is 2.33. The predicted octanol–water partition coefficient (Wildman–Crippen LogP) is 2.78. The van der Waals surface area contributed by atoms with Crippen molar-refractivity contribution in [2.75, 3.05) is 0 Å². The van der Waals surface area contributed by atoms with Gasteiger partial charge in [-0.2, -0.15) is 0 Å². The molecule has 78 valence electrons. The van der Waals surface area contributed by atoms with Gasteiger partial charge in [0, 0.05) is 11.1 Å². The number of hydrogen-bond donors (Lipinski definition) is 0. The summed E-state index contributed by atoms with van der Waals surface area (Å²) in [5.74, 6) is 1.16. The summed E-state index contributed by atoms with van der Waals surface area (Å²) in [6.45, 7) is 3.74. The molecule has 2 heterocycles. The Morgan fingerprint density at radius 3 is 2.80 bits per heavy atom. The fourth-order valence-corrected chi connectivity index (χ4v) is 2.06. The highest BCUT2D eigenvalue weighted by Gasteiger charge is 2.12. The Labute approximate surface area is 91.8 Å². The van der Waals surface area contributed by atoms with Crippen molar-refractivity contribution in [3.63, 3.8) is 0 Å². The van der Waals surface area contributed by atoms with E-state index < -0.39 is 0 Å². The zero-order chi connectivity index (χ0) is 10.8. The quantitative estimate of drug-likeness (QED) is 0.748. The number of nitrogens with zero attached hydrogens (tertiary/aromatic N) is 1. The summed E-state index contributed by atoms with van der Waals surface area (Å²) in [6.07, 6.45) is 0.325. The molecule has 0 bridgehead atoms. The Morgan fingerprint density at radius 2 is 2.27 bits per heavy atom. The fraction of sp³-hybridized carbons (Fsp3) is 0.273. The van der Waals surface area contributed by atoms with Crippen LogP contribution in [-0.2, 0) is 6.42 Å². The fourth-order valence-electron chi connectivity index (χ4n) is 1.29. The molecule has 0 radical (unpaired) electrons. The Bertz CT molecular complexity index is 484. The van der Waals surface area contributed by atoms with E-state index in [4.69, 9.17) is 4.42 Å². The van der Waals surface area contributed by atoms with Crippen LogP contribution in [0.15, 0.2) is 21.9 Å². The van der Waals surface area contributed by atoms with Crippen molar-refractivity contribution in [1.82, 2.24) is 4.98 Å². The number of rotatable bonds is 3. The third-order valence-electron chi connectivity index (χ3n) is 1.99. The summed E-state index contributed by atoms with van der Waals surface area (Å²) in [5, 5.41) is 2.78.